The number of hydrogen-bond donors (Lipinski definition) is 1. The van der Waals surface area contributed by atoms with E-state index in [0.29, 0.717) is 5.88 Å². The largest absolute Gasteiger partial charge is 0.481 e. The van der Waals surface area contributed by atoms with E-state index in [1.165, 1.54) is 0 Å². The number of nitrogens with zero attached hydrogens (tertiary/aromatic N) is 2. The lowest BCUT2D eigenvalue weighted by Gasteiger charge is -2.14. The van der Waals surface area contributed by atoms with Crippen LogP contribution < -0.4 is 10.3 Å². The van der Waals surface area contributed by atoms with E-state index < -0.39 is 0 Å². The highest BCUT2D eigenvalue weighted by molar-refractivity contribution is 5.74. The van der Waals surface area contributed by atoms with Crippen LogP contribution in [0, 0.1) is 11.3 Å². The zero-order chi connectivity index (χ0) is 15.5. The lowest BCUT2D eigenvalue weighted by Crippen LogP contribution is -2.17. The zero-order valence-electron chi connectivity index (χ0n) is 12.5. The molecule has 2 aromatic heterocycles. The Morgan fingerprint density at radius 2 is 2.14 bits per heavy atom. The summed E-state index contributed by atoms with van der Waals surface area (Å²) in [5, 5.41) is 9.44. The van der Waals surface area contributed by atoms with Crippen LogP contribution in [0.4, 0.5) is 0 Å². The van der Waals surface area contributed by atoms with Gasteiger partial charge in [0.05, 0.1) is 7.11 Å². The van der Waals surface area contributed by atoms with E-state index in [4.69, 9.17) is 4.74 Å². The fraction of sp³-hybridized carbons (Fsp3) is 0.353. The summed E-state index contributed by atoms with van der Waals surface area (Å²) in [6.45, 7) is 0. The topological polar surface area (TPSA) is 78.8 Å². The second-order valence-corrected chi connectivity index (χ2v) is 5.42. The molecule has 22 heavy (non-hydrogen) atoms. The predicted octanol–water partition coefficient (Wildman–Crippen LogP) is 2.59. The van der Waals surface area contributed by atoms with Crippen molar-refractivity contribution >= 4 is 0 Å². The lowest BCUT2D eigenvalue weighted by molar-refractivity contribution is 0.398. The molecule has 0 saturated heterocycles. The van der Waals surface area contributed by atoms with Gasteiger partial charge in [-0.05, 0) is 42.9 Å². The predicted molar refractivity (Wildman–Crippen MR) is 82.8 cm³/mol. The quantitative estimate of drug-likeness (QED) is 0.864. The van der Waals surface area contributed by atoms with Crippen molar-refractivity contribution in [3.8, 4) is 23.1 Å². The van der Waals surface area contributed by atoms with Crippen LogP contribution in [-0.2, 0) is 12.8 Å². The maximum atomic E-state index is 12.3. The molecule has 1 N–H and O–H groups in total. The molecule has 1 aliphatic rings. The molecule has 0 aliphatic heterocycles. The van der Waals surface area contributed by atoms with Crippen molar-refractivity contribution in [2.24, 2.45) is 0 Å². The molecule has 0 unspecified atom stereocenters. The summed E-state index contributed by atoms with van der Waals surface area (Å²) in [6.07, 6.45) is 6.64. The Labute approximate surface area is 128 Å². The third kappa shape index (κ3) is 2.48. The minimum absolute atomic E-state index is 0.175. The molecule has 2 aromatic rings. The standard InChI is InChI=1S/C17H17N3O2/c1-22-15-9-11(7-8-19-15)16-12-5-3-2-4-6-14(12)20-17(21)13(16)10-18/h7-9H,2-6H2,1H3,(H,20,21). The van der Waals surface area contributed by atoms with Gasteiger partial charge in [-0.1, -0.05) is 6.42 Å². The van der Waals surface area contributed by atoms with Gasteiger partial charge in [0.1, 0.15) is 11.6 Å². The highest BCUT2D eigenvalue weighted by Crippen LogP contribution is 2.32. The Bertz CT molecular complexity index is 803. The van der Waals surface area contributed by atoms with Gasteiger partial charge in [0.15, 0.2) is 0 Å². The maximum absolute atomic E-state index is 12.3. The summed E-state index contributed by atoms with van der Waals surface area (Å²) in [4.78, 5) is 19.3. The number of nitrogens with one attached hydrogen (secondary N) is 1. The number of rotatable bonds is 2. The number of aromatic nitrogens is 2. The molecule has 1 aliphatic carbocycles. The molecule has 5 nitrogen and oxygen atoms in total. The Morgan fingerprint density at radius 1 is 1.32 bits per heavy atom. The van der Waals surface area contributed by atoms with Gasteiger partial charge in [0.2, 0.25) is 5.88 Å². The molecule has 0 fully saturated rings. The van der Waals surface area contributed by atoms with E-state index in [1.807, 2.05) is 6.07 Å². The minimum Gasteiger partial charge on any atom is -0.481 e. The first-order valence-corrected chi connectivity index (χ1v) is 7.43. The first-order chi connectivity index (χ1) is 10.7. The fourth-order valence-electron chi connectivity index (χ4n) is 3.06. The molecule has 0 bridgehead atoms. The summed E-state index contributed by atoms with van der Waals surface area (Å²) in [5.41, 5.74) is 3.47. The molecule has 0 spiro atoms. The van der Waals surface area contributed by atoms with E-state index in [1.54, 1.807) is 19.4 Å². The normalized spacial score (nSPS) is 13.8. The average molecular weight is 295 g/mol. The molecular weight excluding hydrogens is 278 g/mol. The smallest absolute Gasteiger partial charge is 0.266 e. The van der Waals surface area contributed by atoms with Crippen molar-refractivity contribution < 1.29 is 4.74 Å². The molecule has 2 heterocycles. The Hall–Kier alpha value is -2.61. The van der Waals surface area contributed by atoms with Crippen LogP contribution in [0.5, 0.6) is 5.88 Å². The van der Waals surface area contributed by atoms with Crippen LogP contribution in [-0.4, -0.2) is 17.1 Å². The minimum atomic E-state index is -0.311. The van der Waals surface area contributed by atoms with Crippen LogP contribution in [0.2, 0.25) is 0 Å². The number of hydrogen-bond acceptors (Lipinski definition) is 4. The Balaban J connectivity index is 2.30. The number of nitriles is 1. The van der Waals surface area contributed by atoms with E-state index in [-0.39, 0.29) is 11.1 Å². The van der Waals surface area contributed by atoms with Crippen molar-refractivity contribution in [2.75, 3.05) is 7.11 Å². The number of ether oxygens (including phenoxy) is 1. The molecule has 0 aromatic carbocycles. The van der Waals surface area contributed by atoms with E-state index >= 15 is 0 Å². The van der Waals surface area contributed by atoms with Gasteiger partial charge in [-0.25, -0.2) is 4.98 Å². The van der Waals surface area contributed by atoms with Crippen LogP contribution in [0.15, 0.2) is 23.1 Å². The first kappa shape index (κ1) is 14.3. The molecule has 3 rings (SSSR count). The molecule has 5 heteroatoms. The monoisotopic (exact) mass is 295 g/mol. The third-order valence-electron chi connectivity index (χ3n) is 4.11. The Kier molecular flexibility index (Phi) is 3.92. The highest BCUT2D eigenvalue weighted by Gasteiger charge is 2.20. The second-order valence-electron chi connectivity index (χ2n) is 5.42. The summed E-state index contributed by atoms with van der Waals surface area (Å²) in [5.74, 6) is 0.476. The van der Waals surface area contributed by atoms with Crippen molar-refractivity contribution in [1.82, 2.24) is 9.97 Å². The fourth-order valence-corrected chi connectivity index (χ4v) is 3.06. The SMILES string of the molecule is COc1cc(-c2c3c([nH]c(=O)c2C#N)CCCCC3)ccn1. The second kappa shape index (κ2) is 6.02. The zero-order valence-corrected chi connectivity index (χ0v) is 12.5. The molecule has 0 saturated carbocycles. The van der Waals surface area contributed by atoms with Crippen molar-refractivity contribution in [1.29, 1.82) is 5.26 Å². The molecule has 112 valence electrons. The molecule has 0 atom stereocenters. The highest BCUT2D eigenvalue weighted by atomic mass is 16.5. The number of fused-ring (bicyclic) bond motifs is 1. The summed E-state index contributed by atoms with van der Waals surface area (Å²) < 4.78 is 5.17. The number of pyridine rings is 2. The number of H-pyrrole nitrogens is 1. The van der Waals surface area contributed by atoms with Gasteiger partial charge < -0.3 is 9.72 Å². The first-order valence-electron chi connectivity index (χ1n) is 7.43. The summed E-state index contributed by atoms with van der Waals surface area (Å²) >= 11 is 0. The summed E-state index contributed by atoms with van der Waals surface area (Å²) in [7, 11) is 1.55. The van der Waals surface area contributed by atoms with Gasteiger partial charge in [-0.3, -0.25) is 4.79 Å². The van der Waals surface area contributed by atoms with Crippen molar-refractivity contribution in [3.63, 3.8) is 0 Å². The molecule has 0 radical (unpaired) electrons. The summed E-state index contributed by atoms with van der Waals surface area (Å²) in [6, 6.07) is 5.67. The van der Waals surface area contributed by atoms with Crippen LogP contribution in [0.25, 0.3) is 11.1 Å². The van der Waals surface area contributed by atoms with E-state index in [2.05, 4.69) is 16.0 Å². The third-order valence-corrected chi connectivity index (χ3v) is 4.11. The van der Waals surface area contributed by atoms with Gasteiger partial charge in [-0.2, -0.15) is 5.26 Å². The number of aromatic amines is 1. The average Bonchev–Trinajstić information content (AvgIpc) is 2.78. The Morgan fingerprint density at radius 3 is 2.91 bits per heavy atom. The van der Waals surface area contributed by atoms with Gasteiger partial charge in [0, 0.05) is 23.5 Å². The number of methoxy groups -OCH3 is 1. The van der Waals surface area contributed by atoms with Crippen LogP contribution >= 0.6 is 0 Å². The van der Waals surface area contributed by atoms with Gasteiger partial charge >= 0.3 is 0 Å². The number of aryl methyl sites for hydroxylation is 1. The molecular formula is C17H17N3O2. The van der Waals surface area contributed by atoms with Gasteiger partial charge in [0.25, 0.3) is 5.56 Å². The van der Waals surface area contributed by atoms with Crippen molar-refractivity contribution in [2.45, 2.75) is 32.1 Å². The maximum Gasteiger partial charge on any atom is 0.266 e. The van der Waals surface area contributed by atoms with E-state index in [9.17, 15) is 10.1 Å². The van der Waals surface area contributed by atoms with Crippen LogP contribution in [0.1, 0.15) is 36.1 Å². The lowest BCUT2D eigenvalue weighted by atomic mass is 9.93. The van der Waals surface area contributed by atoms with Gasteiger partial charge in [-0.15, -0.1) is 0 Å². The van der Waals surface area contributed by atoms with Crippen molar-refractivity contribution in [3.05, 3.63) is 45.5 Å². The van der Waals surface area contributed by atoms with E-state index in [0.717, 1.165) is 54.5 Å². The van der Waals surface area contributed by atoms with Crippen LogP contribution in [0.3, 0.4) is 0 Å². The molecule has 0 amide bonds.